The molecule has 0 aromatic rings. The minimum absolute atomic E-state index is 0.0522. The van der Waals surface area contributed by atoms with Crippen LogP contribution in [0.3, 0.4) is 0 Å². The number of hydrogen-bond donors (Lipinski definition) is 2. The molecule has 3 heteroatoms. The summed E-state index contributed by atoms with van der Waals surface area (Å²) >= 11 is 0. The summed E-state index contributed by atoms with van der Waals surface area (Å²) in [6, 6.07) is 0.393. The first kappa shape index (κ1) is 17.8. The zero-order valence-electron chi connectivity index (χ0n) is 16.4. The van der Waals surface area contributed by atoms with Crippen LogP contribution in [-0.4, -0.2) is 23.2 Å². The van der Waals surface area contributed by atoms with Gasteiger partial charge in [-0.25, -0.2) is 0 Å². The van der Waals surface area contributed by atoms with E-state index in [4.69, 9.17) is 0 Å². The molecule has 0 bridgehead atoms. The van der Waals surface area contributed by atoms with Crippen molar-refractivity contribution >= 4 is 5.91 Å². The van der Waals surface area contributed by atoms with Gasteiger partial charge in [-0.15, -0.1) is 0 Å². The van der Waals surface area contributed by atoms with Crippen molar-refractivity contribution in [1.29, 1.82) is 0 Å². The summed E-state index contributed by atoms with van der Waals surface area (Å²) in [5.41, 5.74) is 0.762. The van der Waals surface area contributed by atoms with Gasteiger partial charge in [-0.05, 0) is 92.3 Å². The van der Waals surface area contributed by atoms with Crippen molar-refractivity contribution < 1.29 is 9.90 Å². The van der Waals surface area contributed by atoms with Gasteiger partial charge in [-0.1, -0.05) is 20.8 Å². The molecular formula is C22H37NO2. The Morgan fingerprint density at radius 3 is 2.48 bits per heavy atom. The minimum Gasteiger partial charge on any atom is -0.393 e. The van der Waals surface area contributed by atoms with Gasteiger partial charge in [0, 0.05) is 12.5 Å². The highest BCUT2D eigenvalue weighted by atomic mass is 16.3. The van der Waals surface area contributed by atoms with Crippen LogP contribution in [-0.2, 0) is 4.79 Å². The van der Waals surface area contributed by atoms with Crippen molar-refractivity contribution in [3.05, 3.63) is 0 Å². The van der Waals surface area contributed by atoms with E-state index in [0.717, 1.165) is 36.5 Å². The molecule has 8 atom stereocenters. The third-order valence-corrected chi connectivity index (χ3v) is 9.29. The molecular weight excluding hydrogens is 310 g/mol. The summed E-state index contributed by atoms with van der Waals surface area (Å²) in [6.07, 6.45) is 11.6. The molecule has 4 aliphatic rings. The molecule has 25 heavy (non-hydrogen) atoms. The van der Waals surface area contributed by atoms with Crippen LogP contribution < -0.4 is 5.32 Å². The Morgan fingerprint density at radius 1 is 1.00 bits per heavy atom. The maximum atomic E-state index is 12.0. The smallest absolute Gasteiger partial charge is 0.219 e. The Morgan fingerprint density at radius 2 is 1.72 bits per heavy atom. The Bertz CT molecular complexity index is 534. The number of rotatable bonds is 2. The van der Waals surface area contributed by atoms with Crippen molar-refractivity contribution in [2.45, 2.75) is 97.1 Å². The van der Waals surface area contributed by atoms with Crippen molar-refractivity contribution in [3.63, 3.8) is 0 Å². The van der Waals surface area contributed by atoms with E-state index in [0.29, 0.717) is 23.3 Å². The van der Waals surface area contributed by atoms with Gasteiger partial charge in [0.05, 0.1) is 6.10 Å². The molecule has 0 aromatic heterocycles. The standard InChI is InChI=1S/C22H37NO2/c1-4-20(25)23-19-8-7-17-16-6-5-14-13-15(24)9-11-21(14,2)18(16)10-12-22(17,19)3/h14-19,24H,4-13H2,1-3H3,(H,23,25)/t14?,15?,16-,17-,18+,19?,21-,22-/m0/s1. The maximum Gasteiger partial charge on any atom is 0.219 e. The molecule has 4 saturated carbocycles. The largest absolute Gasteiger partial charge is 0.393 e. The van der Waals surface area contributed by atoms with Crippen molar-refractivity contribution in [3.8, 4) is 0 Å². The van der Waals surface area contributed by atoms with Gasteiger partial charge < -0.3 is 10.4 Å². The van der Waals surface area contributed by atoms with Gasteiger partial charge in [0.1, 0.15) is 0 Å². The fourth-order valence-electron chi connectivity index (χ4n) is 7.77. The molecule has 4 fully saturated rings. The van der Waals surface area contributed by atoms with E-state index >= 15 is 0 Å². The van der Waals surface area contributed by atoms with E-state index in [2.05, 4.69) is 19.2 Å². The van der Waals surface area contributed by atoms with E-state index < -0.39 is 0 Å². The number of carbonyl (C=O) groups is 1. The van der Waals surface area contributed by atoms with Crippen molar-refractivity contribution in [2.75, 3.05) is 0 Å². The maximum absolute atomic E-state index is 12.0. The molecule has 4 aliphatic carbocycles. The van der Waals surface area contributed by atoms with Gasteiger partial charge in [0.25, 0.3) is 0 Å². The average Bonchev–Trinajstić information content (AvgIpc) is 2.92. The molecule has 2 N–H and O–H groups in total. The summed E-state index contributed by atoms with van der Waals surface area (Å²) in [7, 11) is 0. The quantitative estimate of drug-likeness (QED) is 0.783. The Hall–Kier alpha value is -0.570. The number of fused-ring (bicyclic) bond motifs is 5. The number of carbonyl (C=O) groups excluding carboxylic acids is 1. The summed E-state index contributed by atoms with van der Waals surface area (Å²) in [6.45, 7) is 6.98. The van der Waals surface area contributed by atoms with Crippen LogP contribution in [0.15, 0.2) is 0 Å². The lowest BCUT2D eigenvalue weighted by Gasteiger charge is -2.60. The highest BCUT2D eigenvalue weighted by Crippen LogP contribution is 2.66. The summed E-state index contributed by atoms with van der Waals surface area (Å²) in [5.74, 6) is 3.44. The third-order valence-electron chi connectivity index (χ3n) is 9.29. The van der Waals surface area contributed by atoms with Crippen molar-refractivity contribution in [1.82, 2.24) is 5.32 Å². The molecule has 142 valence electrons. The number of hydrogen-bond acceptors (Lipinski definition) is 2. The van der Waals surface area contributed by atoms with Gasteiger partial charge in [-0.3, -0.25) is 4.79 Å². The summed E-state index contributed by atoms with van der Waals surface area (Å²) in [5, 5.41) is 13.5. The zero-order valence-corrected chi connectivity index (χ0v) is 16.4. The Labute approximate surface area is 153 Å². The SMILES string of the molecule is CCC(=O)NC1CC[C@H]2[C@@H]3CCC4CC(O)CC[C@]4(C)[C@@H]3CC[C@]12C. The van der Waals surface area contributed by atoms with E-state index in [-0.39, 0.29) is 12.0 Å². The highest BCUT2D eigenvalue weighted by Gasteiger charge is 2.60. The van der Waals surface area contributed by atoms with Crippen LogP contribution in [0.2, 0.25) is 0 Å². The molecule has 0 spiro atoms. The van der Waals surface area contributed by atoms with Crippen LogP contribution in [0.5, 0.6) is 0 Å². The number of aliphatic hydroxyl groups is 1. The van der Waals surface area contributed by atoms with E-state index in [9.17, 15) is 9.90 Å². The normalized spacial score (nSPS) is 52.0. The van der Waals surface area contributed by atoms with E-state index in [1.165, 1.54) is 44.9 Å². The van der Waals surface area contributed by atoms with Gasteiger partial charge >= 0.3 is 0 Å². The molecule has 0 saturated heterocycles. The third kappa shape index (κ3) is 2.67. The molecule has 0 heterocycles. The summed E-state index contributed by atoms with van der Waals surface area (Å²) < 4.78 is 0. The van der Waals surface area contributed by atoms with E-state index in [1.54, 1.807) is 0 Å². The average molecular weight is 348 g/mol. The molecule has 1 amide bonds. The second-order valence-electron chi connectivity index (χ2n) is 10.2. The molecule has 0 aromatic carbocycles. The van der Waals surface area contributed by atoms with Gasteiger partial charge in [-0.2, -0.15) is 0 Å². The second-order valence-corrected chi connectivity index (χ2v) is 10.2. The fourth-order valence-corrected chi connectivity index (χ4v) is 7.77. The predicted molar refractivity (Wildman–Crippen MR) is 100.0 cm³/mol. The zero-order chi connectivity index (χ0) is 17.8. The lowest BCUT2D eigenvalue weighted by molar-refractivity contribution is -0.129. The van der Waals surface area contributed by atoms with Crippen LogP contribution in [0, 0.1) is 34.5 Å². The molecule has 3 unspecified atom stereocenters. The topological polar surface area (TPSA) is 49.3 Å². The van der Waals surface area contributed by atoms with Crippen LogP contribution in [0.25, 0.3) is 0 Å². The lowest BCUT2D eigenvalue weighted by Crippen LogP contribution is -2.56. The number of nitrogens with one attached hydrogen (secondary N) is 1. The first-order valence-electron chi connectivity index (χ1n) is 10.9. The molecule has 3 nitrogen and oxygen atoms in total. The number of amides is 1. The first-order chi connectivity index (χ1) is 11.9. The lowest BCUT2D eigenvalue weighted by atomic mass is 9.45. The van der Waals surface area contributed by atoms with Crippen LogP contribution in [0.4, 0.5) is 0 Å². The number of aliphatic hydroxyl groups excluding tert-OH is 1. The van der Waals surface area contributed by atoms with E-state index in [1.807, 2.05) is 6.92 Å². The minimum atomic E-state index is -0.0522. The monoisotopic (exact) mass is 347 g/mol. The Kier molecular flexibility index (Phi) is 4.46. The van der Waals surface area contributed by atoms with Crippen LogP contribution in [0.1, 0.15) is 85.0 Å². The first-order valence-corrected chi connectivity index (χ1v) is 10.9. The molecule has 0 aliphatic heterocycles. The fraction of sp³-hybridized carbons (Fsp3) is 0.955. The second kappa shape index (κ2) is 6.25. The summed E-state index contributed by atoms with van der Waals surface area (Å²) in [4.78, 5) is 12.0. The van der Waals surface area contributed by atoms with Gasteiger partial charge in [0.15, 0.2) is 0 Å². The molecule has 0 radical (unpaired) electrons. The van der Waals surface area contributed by atoms with Crippen molar-refractivity contribution in [2.24, 2.45) is 34.5 Å². The predicted octanol–water partition coefficient (Wildman–Crippen LogP) is 4.28. The Balaban J connectivity index is 1.55. The molecule has 4 rings (SSSR count). The van der Waals surface area contributed by atoms with Crippen LogP contribution >= 0.6 is 0 Å². The van der Waals surface area contributed by atoms with Gasteiger partial charge in [0.2, 0.25) is 5.91 Å². The highest BCUT2D eigenvalue weighted by molar-refractivity contribution is 5.76.